The van der Waals surface area contributed by atoms with E-state index in [2.05, 4.69) is 10.3 Å². The van der Waals surface area contributed by atoms with E-state index in [1.807, 2.05) is 0 Å². The molecule has 1 amide bonds. The summed E-state index contributed by atoms with van der Waals surface area (Å²) in [6.45, 7) is 3.06. The number of carbonyl (C=O) groups excluding carboxylic acids is 1. The number of aryl methyl sites for hydroxylation is 1. The summed E-state index contributed by atoms with van der Waals surface area (Å²) in [4.78, 5) is 27.6. The van der Waals surface area contributed by atoms with E-state index in [-0.39, 0.29) is 0 Å². The van der Waals surface area contributed by atoms with Gasteiger partial charge in [0.15, 0.2) is 0 Å². The van der Waals surface area contributed by atoms with Crippen LogP contribution in [0.5, 0.6) is 0 Å². The number of nitrogens with zero attached hydrogens (tertiary/aromatic N) is 1. The quantitative estimate of drug-likeness (QED) is 0.874. The van der Waals surface area contributed by atoms with Gasteiger partial charge in [0.05, 0.1) is 15.7 Å². The van der Waals surface area contributed by atoms with Crippen molar-refractivity contribution in [3.8, 4) is 10.6 Å². The van der Waals surface area contributed by atoms with Crippen LogP contribution in [0.4, 0.5) is 0 Å². The first-order valence-electron chi connectivity index (χ1n) is 6.26. The molecule has 0 fully saturated rings. The van der Waals surface area contributed by atoms with E-state index in [0.29, 0.717) is 31.2 Å². The van der Waals surface area contributed by atoms with Gasteiger partial charge in [0, 0.05) is 5.56 Å². The standard InChI is InChI=1S/C14H12Cl2N2O3S/c1-6-11(12(19)17-7(2)14(20)21)22-13(18-6)10-8(15)4-3-5-9(10)16/h3-5,7H,1-2H3,(H,17,19)(H,20,21)/t7-/m1/s1. The summed E-state index contributed by atoms with van der Waals surface area (Å²) < 4.78 is 0. The van der Waals surface area contributed by atoms with Crippen molar-refractivity contribution in [1.29, 1.82) is 0 Å². The Labute approximate surface area is 140 Å². The third kappa shape index (κ3) is 3.40. The number of carboxylic acid groups (broad SMARTS) is 1. The largest absolute Gasteiger partial charge is 0.480 e. The number of thiazole rings is 1. The van der Waals surface area contributed by atoms with Gasteiger partial charge in [-0.1, -0.05) is 29.3 Å². The van der Waals surface area contributed by atoms with Crippen LogP contribution in [-0.4, -0.2) is 28.0 Å². The van der Waals surface area contributed by atoms with Crippen molar-refractivity contribution in [2.24, 2.45) is 0 Å². The summed E-state index contributed by atoms with van der Waals surface area (Å²) in [6, 6.07) is 4.11. The highest BCUT2D eigenvalue weighted by atomic mass is 35.5. The predicted octanol–water partition coefficient (Wildman–Crippen LogP) is 3.63. The monoisotopic (exact) mass is 358 g/mol. The highest BCUT2D eigenvalue weighted by Crippen LogP contribution is 2.37. The predicted molar refractivity (Wildman–Crippen MR) is 86.9 cm³/mol. The van der Waals surface area contributed by atoms with Crippen LogP contribution < -0.4 is 5.32 Å². The molecule has 2 rings (SSSR count). The third-order valence-corrected chi connectivity index (χ3v) is 4.70. The van der Waals surface area contributed by atoms with Crippen molar-refractivity contribution >= 4 is 46.4 Å². The molecule has 0 saturated carbocycles. The number of halogens is 2. The van der Waals surface area contributed by atoms with E-state index in [1.54, 1.807) is 25.1 Å². The van der Waals surface area contributed by atoms with Crippen LogP contribution in [0.15, 0.2) is 18.2 Å². The van der Waals surface area contributed by atoms with E-state index in [4.69, 9.17) is 28.3 Å². The average Bonchev–Trinajstić information content (AvgIpc) is 2.80. The van der Waals surface area contributed by atoms with E-state index >= 15 is 0 Å². The summed E-state index contributed by atoms with van der Waals surface area (Å²) in [5.41, 5.74) is 1.05. The number of hydrogen-bond acceptors (Lipinski definition) is 4. The number of aliphatic carboxylic acids is 1. The molecular weight excluding hydrogens is 347 g/mol. The maximum atomic E-state index is 12.1. The van der Waals surface area contributed by atoms with Crippen LogP contribution in [-0.2, 0) is 4.79 Å². The Balaban J connectivity index is 2.36. The first kappa shape index (κ1) is 16.7. The summed E-state index contributed by atoms with van der Waals surface area (Å²) in [5, 5.41) is 12.6. The SMILES string of the molecule is Cc1nc(-c2c(Cl)cccc2Cl)sc1C(=O)N[C@H](C)C(=O)O. The Bertz CT molecular complexity index is 725. The molecular formula is C14H12Cl2N2O3S. The van der Waals surface area contributed by atoms with Crippen molar-refractivity contribution in [2.45, 2.75) is 19.9 Å². The van der Waals surface area contributed by atoms with Gasteiger partial charge in [-0.15, -0.1) is 11.3 Å². The van der Waals surface area contributed by atoms with E-state index < -0.39 is 17.9 Å². The molecule has 0 spiro atoms. The summed E-state index contributed by atoms with van der Waals surface area (Å²) in [7, 11) is 0. The fourth-order valence-electron chi connectivity index (χ4n) is 1.74. The van der Waals surface area contributed by atoms with Gasteiger partial charge in [0.1, 0.15) is 15.9 Å². The molecule has 0 unspecified atom stereocenters. The van der Waals surface area contributed by atoms with Gasteiger partial charge in [-0.25, -0.2) is 4.98 Å². The number of carboxylic acids is 1. The van der Waals surface area contributed by atoms with Crippen LogP contribution in [0.3, 0.4) is 0 Å². The summed E-state index contributed by atoms with van der Waals surface area (Å²) >= 11 is 13.4. The molecule has 116 valence electrons. The van der Waals surface area contributed by atoms with Crippen LogP contribution in [0.25, 0.3) is 10.6 Å². The Morgan fingerprint density at radius 1 is 1.32 bits per heavy atom. The average molecular weight is 359 g/mol. The molecule has 1 aromatic heterocycles. The number of rotatable bonds is 4. The zero-order valence-electron chi connectivity index (χ0n) is 11.7. The Kier molecular flexibility index (Phi) is 5.05. The van der Waals surface area contributed by atoms with Gasteiger partial charge in [-0.3, -0.25) is 9.59 Å². The molecule has 5 nitrogen and oxygen atoms in total. The van der Waals surface area contributed by atoms with Crippen LogP contribution in [0.2, 0.25) is 10.0 Å². The number of benzene rings is 1. The smallest absolute Gasteiger partial charge is 0.325 e. The van der Waals surface area contributed by atoms with E-state index in [0.717, 1.165) is 11.3 Å². The second-order valence-electron chi connectivity index (χ2n) is 4.56. The topological polar surface area (TPSA) is 79.3 Å². The van der Waals surface area contributed by atoms with Gasteiger partial charge >= 0.3 is 5.97 Å². The number of nitrogens with one attached hydrogen (secondary N) is 1. The normalized spacial score (nSPS) is 12.0. The molecule has 0 saturated heterocycles. The second-order valence-corrected chi connectivity index (χ2v) is 6.38. The third-order valence-electron chi connectivity index (χ3n) is 2.90. The van der Waals surface area contributed by atoms with Gasteiger partial charge in [0.25, 0.3) is 5.91 Å². The lowest BCUT2D eigenvalue weighted by Crippen LogP contribution is -2.38. The lowest BCUT2D eigenvalue weighted by Gasteiger charge is -2.07. The molecule has 0 aliphatic heterocycles. The van der Waals surface area contributed by atoms with Gasteiger partial charge in [0.2, 0.25) is 0 Å². The molecule has 1 aromatic carbocycles. The van der Waals surface area contributed by atoms with Crippen LogP contribution >= 0.6 is 34.5 Å². The maximum Gasteiger partial charge on any atom is 0.325 e. The highest BCUT2D eigenvalue weighted by molar-refractivity contribution is 7.17. The molecule has 0 radical (unpaired) electrons. The molecule has 2 N–H and O–H groups in total. The second kappa shape index (κ2) is 6.64. The zero-order chi connectivity index (χ0) is 16.4. The number of aromatic nitrogens is 1. The molecule has 22 heavy (non-hydrogen) atoms. The number of carbonyl (C=O) groups is 2. The minimum atomic E-state index is -1.11. The fraction of sp³-hybridized carbons (Fsp3) is 0.214. The minimum absolute atomic E-state index is 0.332. The zero-order valence-corrected chi connectivity index (χ0v) is 14.0. The van der Waals surface area contributed by atoms with E-state index in [1.165, 1.54) is 6.92 Å². The number of hydrogen-bond donors (Lipinski definition) is 2. The molecule has 0 aliphatic rings. The molecule has 0 bridgehead atoms. The van der Waals surface area contributed by atoms with Crippen LogP contribution in [0, 0.1) is 6.92 Å². The molecule has 1 heterocycles. The Hall–Kier alpha value is -1.63. The van der Waals surface area contributed by atoms with Gasteiger partial charge < -0.3 is 10.4 Å². The van der Waals surface area contributed by atoms with Crippen molar-refractivity contribution in [1.82, 2.24) is 10.3 Å². The lowest BCUT2D eigenvalue weighted by molar-refractivity contribution is -0.138. The highest BCUT2D eigenvalue weighted by Gasteiger charge is 2.22. The van der Waals surface area contributed by atoms with Crippen molar-refractivity contribution in [3.05, 3.63) is 38.8 Å². The molecule has 1 atom stereocenters. The van der Waals surface area contributed by atoms with Crippen molar-refractivity contribution in [2.75, 3.05) is 0 Å². The fourth-order valence-corrected chi connectivity index (χ4v) is 3.47. The first-order chi connectivity index (χ1) is 10.3. The van der Waals surface area contributed by atoms with Gasteiger partial charge in [-0.05, 0) is 26.0 Å². The molecule has 2 aromatic rings. The number of amides is 1. The Morgan fingerprint density at radius 2 is 1.91 bits per heavy atom. The van der Waals surface area contributed by atoms with Gasteiger partial charge in [-0.2, -0.15) is 0 Å². The van der Waals surface area contributed by atoms with E-state index in [9.17, 15) is 9.59 Å². The first-order valence-corrected chi connectivity index (χ1v) is 7.84. The lowest BCUT2D eigenvalue weighted by atomic mass is 10.2. The van der Waals surface area contributed by atoms with Crippen LogP contribution in [0.1, 0.15) is 22.3 Å². The summed E-state index contributed by atoms with van der Waals surface area (Å²) in [5.74, 6) is -1.59. The molecule has 8 heteroatoms. The minimum Gasteiger partial charge on any atom is -0.480 e. The Morgan fingerprint density at radius 3 is 2.45 bits per heavy atom. The van der Waals surface area contributed by atoms with Crippen molar-refractivity contribution < 1.29 is 14.7 Å². The summed E-state index contributed by atoms with van der Waals surface area (Å²) in [6.07, 6.45) is 0. The van der Waals surface area contributed by atoms with Crippen molar-refractivity contribution in [3.63, 3.8) is 0 Å². The maximum absolute atomic E-state index is 12.1. The molecule has 0 aliphatic carbocycles.